The molecule has 1 heterocycles. The summed E-state index contributed by atoms with van der Waals surface area (Å²) in [4.78, 5) is 0. The molecular weight excluding hydrogens is 588 g/mol. The molecule has 4 fully saturated rings. The van der Waals surface area contributed by atoms with Crippen molar-refractivity contribution in [2.75, 3.05) is 33.0 Å². The van der Waals surface area contributed by atoms with Gasteiger partial charge in [-0.05, 0) is 97.7 Å². The number of aliphatic hydroxyl groups is 3. The molecule has 0 spiro atoms. The van der Waals surface area contributed by atoms with Crippen LogP contribution in [-0.2, 0) is 18.9 Å². The molecule has 0 radical (unpaired) electrons. The van der Waals surface area contributed by atoms with E-state index < -0.39 is 29.9 Å². The summed E-state index contributed by atoms with van der Waals surface area (Å²) in [5, 5.41) is 29.7. The van der Waals surface area contributed by atoms with Crippen molar-refractivity contribution in [3.63, 3.8) is 0 Å². The van der Waals surface area contributed by atoms with Gasteiger partial charge in [-0.15, -0.1) is 12.6 Å². The Balaban J connectivity index is 1.04. The predicted molar refractivity (Wildman–Crippen MR) is 180 cm³/mol. The normalized spacial score (nSPS) is 43.8. The highest BCUT2D eigenvalue weighted by atomic mass is 32.1. The van der Waals surface area contributed by atoms with Gasteiger partial charge in [-0.3, -0.25) is 0 Å². The molecule has 4 aliphatic carbocycles. The van der Waals surface area contributed by atoms with Gasteiger partial charge in [0.05, 0.1) is 39.1 Å². The Morgan fingerprint density at radius 2 is 1.69 bits per heavy atom. The Morgan fingerprint density at radius 3 is 2.42 bits per heavy atom. The number of hydrogen-bond acceptors (Lipinski definition) is 8. The number of rotatable bonds is 14. The maximum absolute atomic E-state index is 10.3. The average molecular weight is 653 g/mol. The molecule has 3 N–H and O–H groups in total. The van der Waals surface area contributed by atoms with Gasteiger partial charge in [-0.1, -0.05) is 65.5 Å². The Kier molecular flexibility index (Phi) is 12.5. The summed E-state index contributed by atoms with van der Waals surface area (Å²) in [6.45, 7) is 13.8. The molecule has 7 nitrogen and oxygen atoms in total. The van der Waals surface area contributed by atoms with Gasteiger partial charge in [0.2, 0.25) is 0 Å². The van der Waals surface area contributed by atoms with Gasteiger partial charge in [-0.2, -0.15) is 0 Å². The molecule has 1 saturated heterocycles. The molecule has 0 aromatic carbocycles. The smallest absolute Gasteiger partial charge is 0.129 e. The number of thiol groups is 1. The van der Waals surface area contributed by atoms with Crippen LogP contribution in [0.15, 0.2) is 11.6 Å². The summed E-state index contributed by atoms with van der Waals surface area (Å²) in [7, 11) is 0. The van der Waals surface area contributed by atoms with Crippen LogP contribution in [0, 0.1) is 46.3 Å². The zero-order chi connectivity index (χ0) is 32.4. The summed E-state index contributed by atoms with van der Waals surface area (Å²) in [5.41, 5.74) is 1.80. The maximum Gasteiger partial charge on any atom is 0.129 e. The van der Waals surface area contributed by atoms with Crippen molar-refractivity contribution in [3.05, 3.63) is 11.6 Å². The fraction of sp³-hybridized carbons (Fsp3) is 0.946. The highest BCUT2D eigenvalue weighted by molar-refractivity contribution is 7.80. The van der Waals surface area contributed by atoms with E-state index in [0.717, 1.165) is 48.3 Å². The molecule has 8 heteroatoms. The van der Waals surface area contributed by atoms with Crippen molar-refractivity contribution < 1.29 is 34.3 Å². The van der Waals surface area contributed by atoms with Crippen molar-refractivity contribution >= 4 is 12.6 Å². The van der Waals surface area contributed by atoms with Crippen molar-refractivity contribution in [3.8, 4) is 0 Å². The summed E-state index contributed by atoms with van der Waals surface area (Å²) in [5.74, 6) is 5.18. The zero-order valence-corrected chi connectivity index (χ0v) is 29.6. The van der Waals surface area contributed by atoms with Crippen LogP contribution in [0.4, 0.5) is 0 Å². The van der Waals surface area contributed by atoms with Crippen LogP contribution in [0.25, 0.3) is 0 Å². The SMILES string of the molecule is CC(C)CCC[C@@H](C)[C@H]1CC[C@H]2[C@@H]3CC=C4CC(OCCOCCO[C@H]5[C@@H](O)[C@H](O)[C@@H](CO)O[C@H]5S)CC[C@]4(C)[C@H]3CC[C@]12C. The van der Waals surface area contributed by atoms with Crippen LogP contribution in [0.1, 0.15) is 105 Å². The number of ether oxygens (including phenoxy) is 4. The molecule has 5 rings (SSSR count). The standard InChI is InChI=1S/C37H64O7S/c1-23(2)7-6-8-24(3)28-11-12-29-27-10-9-25-21-26(13-15-36(25,4)30(27)14-16-37(28,29)5)42-19-17-41-18-20-43-34-33(40)32(39)31(22-38)44-35(34)45/h9,23-24,26-35,38-40,45H,6-8,10-22H2,1-5H3/t24-,26?,27+,28-,29+,30+,31-,32-,33+,34+,35+,36+,37-/m1/s1. The van der Waals surface area contributed by atoms with Crippen LogP contribution in [0.3, 0.4) is 0 Å². The van der Waals surface area contributed by atoms with E-state index in [1.54, 1.807) is 5.57 Å². The van der Waals surface area contributed by atoms with E-state index in [-0.39, 0.29) is 19.3 Å². The van der Waals surface area contributed by atoms with Crippen LogP contribution < -0.4 is 0 Å². The number of aliphatic hydroxyl groups excluding tert-OH is 3. The Morgan fingerprint density at radius 1 is 0.933 bits per heavy atom. The first-order valence-corrected chi connectivity index (χ1v) is 18.8. The fourth-order valence-electron chi connectivity index (χ4n) is 10.7. The van der Waals surface area contributed by atoms with Gasteiger partial charge < -0.3 is 34.3 Å². The van der Waals surface area contributed by atoms with E-state index in [4.69, 9.17) is 18.9 Å². The summed E-state index contributed by atoms with van der Waals surface area (Å²) in [6, 6.07) is 0. The fourth-order valence-corrected chi connectivity index (χ4v) is 11.1. The number of allylic oxidation sites excluding steroid dienone is 1. The summed E-state index contributed by atoms with van der Waals surface area (Å²) < 4.78 is 23.2. The molecule has 0 aromatic heterocycles. The molecule has 0 aromatic rings. The van der Waals surface area contributed by atoms with Crippen LogP contribution >= 0.6 is 12.6 Å². The highest BCUT2D eigenvalue weighted by Crippen LogP contribution is 2.67. The minimum atomic E-state index is -1.22. The quantitative estimate of drug-likeness (QED) is 0.101. The van der Waals surface area contributed by atoms with Crippen molar-refractivity contribution in [1.29, 1.82) is 0 Å². The average Bonchev–Trinajstić information content (AvgIpc) is 3.37. The molecule has 3 saturated carbocycles. The third kappa shape index (κ3) is 7.69. The Hall–Kier alpha value is -0.190. The van der Waals surface area contributed by atoms with Gasteiger partial charge in [0.1, 0.15) is 29.9 Å². The maximum atomic E-state index is 10.3. The lowest BCUT2D eigenvalue weighted by atomic mass is 9.47. The van der Waals surface area contributed by atoms with Crippen LogP contribution in [0.5, 0.6) is 0 Å². The Labute approximate surface area is 278 Å². The second-order valence-electron chi connectivity index (χ2n) is 16.2. The van der Waals surface area contributed by atoms with Crippen molar-refractivity contribution in [2.45, 2.75) is 141 Å². The lowest BCUT2D eigenvalue weighted by molar-refractivity contribution is -0.220. The van der Waals surface area contributed by atoms with E-state index in [2.05, 4.69) is 53.3 Å². The van der Waals surface area contributed by atoms with Gasteiger partial charge in [0.25, 0.3) is 0 Å². The second-order valence-corrected chi connectivity index (χ2v) is 16.7. The minimum absolute atomic E-state index is 0.244. The van der Waals surface area contributed by atoms with E-state index in [1.807, 2.05) is 0 Å². The van der Waals surface area contributed by atoms with Crippen LogP contribution in [-0.4, -0.2) is 84.3 Å². The highest BCUT2D eigenvalue weighted by Gasteiger charge is 2.59. The summed E-state index contributed by atoms with van der Waals surface area (Å²) in [6.07, 6.45) is 13.5. The van der Waals surface area contributed by atoms with Gasteiger partial charge >= 0.3 is 0 Å². The monoisotopic (exact) mass is 652 g/mol. The van der Waals surface area contributed by atoms with E-state index in [0.29, 0.717) is 30.7 Å². The van der Waals surface area contributed by atoms with Crippen molar-refractivity contribution in [2.24, 2.45) is 46.3 Å². The molecule has 45 heavy (non-hydrogen) atoms. The molecule has 0 amide bonds. The molecular formula is C37H64O7S. The number of hydrogen-bond donors (Lipinski definition) is 4. The first-order valence-electron chi connectivity index (χ1n) is 18.3. The second kappa shape index (κ2) is 15.6. The first-order chi connectivity index (χ1) is 21.5. The molecule has 1 unspecified atom stereocenters. The largest absolute Gasteiger partial charge is 0.394 e. The number of fused-ring (bicyclic) bond motifs is 5. The molecule has 5 aliphatic rings. The summed E-state index contributed by atoms with van der Waals surface area (Å²) >= 11 is 4.30. The van der Waals surface area contributed by atoms with Gasteiger partial charge in [0.15, 0.2) is 0 Å². The first kappa shape index (κ1) is 36.1. The van der Waals surface area contributed by atoms with Gasteiger partial charge in [-0.25, -0.2) is 0 Å². The molecule has 13 atom stereocenters. The zero-order valence-electron chi connectivity index (χ0n) is 28.7. The van der Waals surface area contributed by atoms with Crippen LogP contribution in [0.2, 0.25) is 0 Å². The van der Waals surface area contributed by atoms with Gasteiger partial charge in [0, 0.05) is 0 Å². The van der Waals surface area contributed by atoms with E-state index >= 15 is 0 Å². The Bertz CT molecular complexity index is 976. The van der Waals surface area contributed by atoms with Crippen molar-refractivity contribution in [1.82, 2.24) is 0 Å². The van der Waals surface area contributed by atoms with E-state index in [1.165, 1.54) is 57.8 Å². The third-order valence-electron chi connectivity index (χ3n) is 13.2. The minimum Gasteiger partial charge on any atom is -0.394 e. The molecule has 260 valence electrons. The molecule has 1 aliphatic heterocycles. The van der Waals surface area contributed by atoms with E-state index in [9.17, 15) is 15.3 Å². The third-order valence-corrected chi connectivity index (χ3v) is 13.6. The lowest BCUT2D eigenvalue weighted by Gasteiger charge is -2.58. The lowest BCUT2D eigenvalue weighted by Crippen LogP contribution is -2.58. The predicted octanol–water partition coefficient (Wildman–Crippen LogP) is 6.18. The molecule has 0 bridgehead atoms. The topological polar surface area (TPSA) is 97.6 Å².